The largest absolute Gasteiger partial charge is 0.333 e. The van der Waals surface area contributed by atoms with Crippen LogP contribution in [0.25, 0.3) is 10.9 Å². The third-order valence-electron chi connectivity index (χ3n) is 4.92. The highest BCUT2D eigenvalue weighted by molar-refractivity contribution is 5.93. The maximum absolute atomic E-state index is 12.9. The van der Waals surface area contributed by atoms with Gasteiger partial charge in [-0.05, 0) is 31.0 Å². The van der Waals surface area contributed by atoms with Crippen LogP contribution in [0.5, 0.6) is 0 Å². The summed E-state index contributed by atoms with van der Waals surface area (Å²) < 4.78 is 0. The molecule has 0 bridgehead atoms. The van der Waals surface area contributed by atoms with E-state index in [9.17, 15) is 9.59 Å². The summed E-state index contributed by atoms with van der Waals surface area (Å²) in [5.74, 6) is 0.213. The second-order valence-electron chi connectivity index (χ2n) is 6.58. The number of rotatable bonds is 2. The van der Waals surface area contributed by atoms with E-state index in [1.165, 1.54) is 5.56 Å². The van der Waals surface area contributed by atoms with Gasteiger partial charge < -0.3 is 9.88 Å². The van der Waals surface area contributed by atoms with Crippen LogP contribution in [0.15, 0.2) is 59.4 Å². The van der Waals surface area contributed by atoms with Crippen molar-refractivity contribution in [3.63, 3.8) is 0 Å². The predicted molar refractivity (Wildman–Crippen MR) is 96.7 cm³/mol. The number of carbonyl (C=O) groups excluding carboxylic acids is 1. The lowest BCUT2D eigenvalue weighted by Crippen LogP contribution is -2.36. The van der Waals surface area contributed by atoms with Crippen molar-refractivity contribution in [3.8, 4) is 0 Å². The van der Waals surface area contributed by atoms with E-state index in [1.54, 1.807) is 18.2 Å². The second kappa shape index (κ2) is 6.16. The first-order valence-corrected chi connectivity index (χ1v) is 8.48. The van der Waals surface area contributed by atoms with Gasteiger partial charge in [-0.2, -0.15) is 0 Å². The molecule has 1 aliphatic rings. The zero-order valence-corrected chi connectivity index (χ0v) is 14.0. The highest BCUT2D eigenvalue weighted by Gasteiger charge is 2.34. The van der Waals surface area contributed by atoms with Crippen molar-refractivity contribution in [1.29, 1.82) is 0 Å². The fourth-order valence-electron chi connectivity index (χ4n) is 3.60. The molecule has 2 atom stereocenters. The summed E-state index contributed by atoms with van der Waals surface area (Å²) in [6.07, 6.45) is 0.910. The standard InChI is InChI=1S/C20H19N3O2/c1-13-11-15(14-7-3-2-4-8-14)12-23(13)20(25)18-21-17-10-6-5-9-16(17)19(24)22-18/h2-10,13,15H,11-12H2,1H3,(H,21,22,24). The molecule has 1 saturated heterocycles. The van der Waals surface area contributed by atoms with E-state index in [-0.39, 0.29) is 23.3 Å². The Morgan fingerprint density at radius 1 is 1.12 bits per heavy atom. The Hall–Kier alpha value is -2.95. The molecule has 0 aliphatic carbocycles. The molecule has 0 spiro atoms. The molecule has 0 saturated carbocycles. The number of nitrogens with zero attached hydrogens (tertiary/aromatic N) is 2. The minimum atomic E-state index is -0.277. The number of hydrogen-bond donors (Lipinski definition) is 1. The van der Waals surface area contributed by atoms with E-state index in [0.29, 0.717) is 23.4 Å². The molecule has 3 aromatic rings. The Labute approximate surface area is 145 Å². The minimum absolute atomic E-state index is 0.106. The van der Waals surface area contributed by atoms with Crippen molar-refractivity contribution in [1.82, 2.24) is 14.9 Å². The van der Waals surface area contributed by atoms with Gasteiger partial charge in [0.15, 0.2) is 5.82 Å². The Balaban J connectivity index is 1.64. The molecule has 2 heterocycles. The van der Waals surface area contributed by atoms with Gasteiger partial charge in [0, 0.05) is 18.5 Å². The first-order chi connectivity index (χ1) is 12.1. The number of H-pyrrole nitrogens is 1. The lowest BCUT2D eigenvalue weighted by molar-refractivity contribution is 0.0733. The van der Waals surface area contributed by atoms with Crippen molar-refractivity contribution in [2.75, 3.05) is 6.54 Å². The number of fused-ring (bicyclic) bond motifs is 1. The number of likely N-dealkylation sites (tertiary alicyclic amines) is 1. The third kappa shape index (κ3) is 2.82. The Bertz CT molecular complexity index is 981. The summed E-state index contributed by atoms with van der Waals surface area (Å²) in [5.41, 5.74) is 1.51. The van der Waals surface area contributed by atoms with Crippen molar-refractivity contribution in [3.05, 3.63) is 76.3 Å². The van der Waals surface area contributed by atoms with Crippen LogP contribution >= 0.6 is 0 Å². The number of para-hydroxylation sites is 1. The lowest BCUT2D eigenvalue weighted by atomic mass is 9.97. The number of benzene rings is 2. The Kier molecular flexibility index (Phi) is 3.84. The maximum atomic E-state index is 12.9. The maximum Gasteiger partial charge on any atom is 0.290 e. The van der Waals surface area contributed by atoms with Gasteiger partial charge in [-0.15, -0.1) is 0 Å². The zero-order valence-electron chi connectivity index (χ0n) is 14.0. The van der Waals surface area contributed by atoms with Crippen LogP contribution in [-0.2, 0) is 0 Å². The van der Waals surface area contributed by atoms with Crippen LogP contribution in [0.2, 0.25) is 0 Å². The normalized spacial score (nSPS) is 20.1. The van der Waals surface area contributed by atoms with Crippen molar-refractivity contribution < 1.29 is 4.79 Å². The number of amides is 1. The van der Waals surface area contributed by atoms with Crippen LogP contribution in [0, 0.1) is 0 Å². The molecule has 25 heavy (non-hydrogen) atoms. The molecule has 2 aromatic carbocycles. The molecule has 1 N–H and O–H groups in total. The van der Waals surface area contributed by atoms with Crippen LogP contribution in [0.4, 0.5) is 0 Å². The Morgan fingerprint density at radius 2 is 1.84 bits per heavy atom. The third-order valence-corrected chi connectivity index (χ3v) is 4.92. The van der Waals surface area contributed by atoms with Crippen LogP contribution in [0.1, 0.15) is 35.4 Å². The van der Waals surface area contributed by atoms with Gasteiger partial charge in [0.05, 0.1) is 10.9 Å². The van der Waals surface area contributed by atoms with E-state index < -0.39 is 0 Å². The molecule has 4 rings (SSSR count). The van der Waals surface area contributed by atoms with Crippen molar-refractivity contribution in [2.24, 2.45) is 0 Å². The quantitative estimate of drug-likeness (QED) is 0.784. The van der Waals surface area contributed by atoms with E-state index in [2.05, 4.69) is 22.1 Å². The number of aromatic amines is 1. The fourth-order valence-corrected chi connectivity index (χ4v) is 3.60. The summed E-state index contributed by atoms with van der Waals surface area (Å²) in [7, 11) is 0. The molecule has 5 heteroatoms. The molecule has 1 aliphatic heterocycles. The number of carbonyl (C=O) groups is 1. The second-order valence-corrected chi connectivity index (χ2v) is 6.58. The van der Waals surface area contributed by atoms with Gasteiger partial charge in [0.25, 0.3) is 11.5 Å². The molecular formula is C20H19N3O2. The van der Waals surface area contributed by atoms with Crippen LogP contribution in [0.3, 0.4) is 0 Å². The van der Waals surface area contributed by atoms with Crippen molar-refractivity contribution in [2.45, 2.75) is 25.3 Å². The number of hydrogen-bond acceptors (Lipinski definition) is 3. The van der Waals surface area contributed by atoms with Gasteiger partial charge in [-0.1, -0.05) is 42.5 Å². The van der Waals surface area contributed by atoms with Gasteiger partial charge in [-0.3, -0.25) is 9.59 Å². The zero-order chi connectivity index (χ0) is 17.4. The lowest BCUT2D eigenvalue weighted by Gasteiger charge is -2.20. The van der Waals surface area contributed by atoms with E-state index in [1.807, 2.05) is 36.1 Å². The Morgan fingerprint density at radius 3 is 2.64 bits per heavy atom. The highest BCUT2D eigenvalue weighted by atomic mass is 16.2. The summed E-state index contributed by atoms with van der Waals surface area (Å²) >= 11 is 0. The fraction of sp³-hybridized carbons (Fsp3) is 0.250. The van der Waals surface area contributed by atoms with E-state index in [0.717, 1.165) is 6.42 Å². The summed E-state index contributed by atoms with van der Waals surface area (Å²) in [5, 5.41) is 0.496. The summed E-state index contributed by atoms with van der Waals surface area (Å²) in [6.45, 7) is 2.68. The molecule has 126 valence electrons. The summed E-state index contributed by atoms with van der Waals surface area (Å²) in [4.78, 5) is 34.0. The van der Waals surface area contributed by atoms with E-state index in [4.69, 9.17) is 0 Å². The van der Waals surface area contributed by atoms with E-state index >= 15 is 0 Å². The topological polar surface area (TPSA) is 66.1 Å². The first kappa shape index (κ1) is 15.6. The van der Waals surface area contributed by atoms with Gasteiger partial charge in [-0.25, -0.2) is 4.98 Å². The molecule has 1 aromatic heterocycles. The van der Waals surface area contributed by atoms with Crippen LogP contribution in [-0.4, -0.2) is 33.4 Å². The SMILES string of the molecule is CC1CC(c2ccccc2)CN1C(=O)c1nc2ccccc2c(=O)[nH]1. The van der Waals surface area contributed by atoms with Gasteiger partial charge in [0.1, 0.15) is 0 Å². The van der Waals surface area contributed by atoms with Gasteiger partial charge in [0.2, 0.25) is 0 Å². The van der Waals surface area contributed by atoms with Gasteiger partial charge >= 0.3 is 0 Å². The number of nitrogens with one attached hydrogen (secondary N) is 1. The first-order valence-electron chi connectivity index (χ1n) is 8.48. The number of aromatic nitrogens is 2. The molecule has 0 radical (unpaired) electrons. The molecular weight excluding hydrogens is 314 g/mol. The van der Waals surface area contributed by atoms with Crippen LogP contribution < -0.4 is 5.56 Å². The smallest absolute Gasteiger partial charge is 0.290 e. The van der Waals surface area contributed by atoms with Crippen molar-refractivity contribution >= 4 is 16.8 Å². The average molecular weight is 333 g/mol. The average Bonchev–Trinajstić information content (AvgIpc) is 3.03. The monoisotopic (exact) mass is 333 g/mol. The molecule has 2 unspecified atom stereocenters. The molecule has 5 nitrogen and oxygen atoms in total. The molecule has 1 fully saturated rings. The predicted octanol–water partition coefficient (Wildman–Crippen LogP) is 2.94. The highest BCUT2D eigenvalue weighted by Crippen LogP contribution is 2.32. The summed E-state index contributed by atoms with van der Waals surface area (Å²) in [6, 6.07) is 17.4. The minimum Gasteiger partial charge on any atom is -0.333 e. The molecule has 1 amide bonds.